The highest BCUT2D eigenvalue weighted by molar-refractivity contribution is 5.33. The second-order valence-corrected chi connectivity index (χ2v) is 4.60. The molecule has 0 bridgehead atoms. The lowest BCUT2D eigenvalue weighted by Crippen LogP contribution is -2.18. The molecule has 0 heterocycles. The monoisotopic (exact) mass is 267 g/mol. The van der Waals surface area contributed by atoms with Crippen molar-refractivity contribution < 1.29 is 14.2 Å². The van der Waals surface area contributed by atoms with E-state index >= 15 is 0 Å². The van der Waals surface area contributed by atoms with Crippen LogP contribution in [0, 0.1) is 0 Å². The highest BCUT2D eigenvalue weighted by atomic mass is 16.5. The van der Waals surface area contributed by atoms with E-state index in [0.717, 1.165) is 24.2 Å². The van der Waals surface area contributed by atoms with E-state index in [-0.39, 0.29) is 6.04 Å². The number of hydrogen-bond donors (Lipinski definition) is 1. The zero-order valence-corrected chi connectivity index (χ0v) is 11.9. The maximum Gasteiger partial charge on any atom is 0.122 e. The van der Waals surface area contributed by atoms with Gasteiger partial charge in [-0.15, -0.1) is 0 Å². The molecule has 0 saturated heterocycles. The molecule has 0 fully saturated rings. The number of nitrogens with two attached hydrogens (primary N) is 1. The summed E-state index contributed by atoms with van der Waals surface area (Å²) in [6.07, 6.45) is 1.71. The molecule has 4 heteroatoms. The van der Waals surface area contributed by atoms with Crippen LogP contribution in [0.25, 0.3) is 0 Å². The molecule has 0 spiro atoms. The third-order valence-corrected chi connectivity index (χ3v) is 2.64. The molecule has 1 unspecified atom stereocenters. The van der Waals surface area contributed by atoms with Crippen LogP contribution in [-0.4, -0.2) is 39.6 Å². The summed E-state index contributed by atoms with van der Waals surface area (Å²) in [6, 6.07) is 8.19. The third kappa shape index (κ3) is 7.15. The van der Waals surface area contributed by atoms with Crippen molar-refractivity contribution in [2.24, 2.45) is 5.73 Å². The largest absolute Gasteiger partial charge is 0.493 e. The maximum absolute atomic E-state index is 5.83. The van der Waals surface area contributed by atoms with Crippen molar-refractivity contribution in [3.05, 3.63) is 29.8 Å². The summed E-state index contributed by atoms with van der Waals surface area (Å²) in [5, 5.41) is 0. The van der Waals surface area contributed by atoms with Crippen LogP contribution in [0.3, 0.4) is 0 Å². The number of ether oxygens (including phenoxy) is 3. The molecule has 2 N–H and O–H groups in total. The fourth-order valence-corrected chi connectivity index (χ4v) is 1.75. The van der Waals surface area contributed by atoms with E-state index in [0.29, 0.717) is 26.4 Å². The predicted octanol–water partition coefficient (Wildman–Crippen LogP) is 2.01. The molecule has 19 heavy (non-hydrogen) atoms. The SMILES string of the molecule is COCCOCCCOc1ccccc1CC(C)N. The van der Waals surface area contributed by atoms with Gasteiger partial charge >= 0.3 is 0 Å². The average molecular weight is 267 g/mol. The molecule has 0 amide bonds. The Balaban J connectivity index is 2.25. The van der Waals surface area contributed by atoms with Gasteiger partial charge in [-0.3, -0.25) is 0 Å². The van der Waals surface area contributed by atoms with E-state index in [9.17, 15) is 0 Å². The van der Waals surface area contributed by atoms with Gasteiger partial charge in [0.05, 0.1) is 19.8 Å². The molecular formula is C15H25NO3. The van der Waals surface area contributed by atoms with E-state index < -0.39 is 0 Å². The first-order valence-corrected chi connectivity index (χ1v) is 6.77. The molecule has 0 aliphatic heterocycles. The lowest BCUT2D eigenvalue weighted by atomic mass is 10.1. The van der Waals surface area contributed by atoms with Crippen molar-refractivity contribution >= 4 is 0 Å². The van der Waals surface area contributed by atoms with Crippen LogP contribution >= 0.6 is 0 Å². The summed E-state index contributed by atoms with van der Waals surface area (Å²) in [5.41, 5.74) is 6.99. The van der Waals surface area contributed by atoms with Crippen LogP contribution < -0.4 is 10.5 Å². The van der Waals surface area contributed by atoms with Crippen LogP contribution in [0.4, 0.5) is 0 Å². The Morgan fingerprint density at radius 1 is 1.11 bits per heavy atom. The molecule has 1 aromatic carbocycles. The highest BCUT2D eigenvalue weighted by Crippen LogP contribution is 2.19. The number of benzene rings is 1. The van der Waals surface area contributed by atoms with Gasteiger partial charge in [0, 0.05) is 26.2 Å². The first-order valence-electron chi connectivity index (χ1n) is 6.77. The quantitative estimate of drug-likeness (QED) is 0.659. The third-order valence-electron chi connectivity index (χ3n) is 2.64. The van der Waals surface area contributed by atoms with Gasteiger partial charge < -0.3 is 19.9 Å². The first kappa shape index (κ1) is 16.0. The molecule has 108 valence electrons. The van der Waals surface area contributed by atoms with E-state index in [1.54, 1.807) is 7.11 Å². The van der Waals surface area contributed by atoms with E-state index in [4.69, 9.17) is 19.9 Å². The molecule has 0 saturated carbocycles. The van der Waals surface area contributed by atoms with Crippen molar-refractivity contribution in [1.82, 2.24) is 0 Å². The van der Waals surface area contributed by atoms with Gasteiger partial charge in [0.15, 0.2) is 0 Å². The molecule has 0 aliphatic rings. The number of para-hydroxylation sites is 1. The summed E-state index contributed by atoms with van der Waals surface area (Å²) >= 11 is 0. The fourth-order valence-electron chi connectivity index (χ4n) is 1.75. The highest BCUT2D eigenvalue weighted by Gasteiger charge is 2.05. The normalized spacial score (nSPS) is 12.4. The second kappa shape index (κ2) is 9.78. The Labute approximate surface area is 115 Å². The topological polar surface area (TPSA) is 53.7 Å². The van der Waals surface area contributed by atoms with Crippen LogP contribution in [0.2, 0.25) is 0 Å². The van der Waals surface area contributed by atoms with E-state index in [1.807, 2.05) is 25.1 Å². The molecular weight excluding hydrogens is 242 g/mol. The second-order valence-electron chi connectivity index (χ2n) is 4.60. The zero-order valence-electron chi connectivity index (χ0n) is 11.9. The Morgan fingerprint density at radius 2 is 1.89 bits per heavy atom. The standard InChI is InChI=1S/C15H25NO3/c1-13(16)12-14-6-3-4-7-15(14)19-9-5-8-18-11-10-17-2/h3-4,6-7,13H,5,8-12,16H2,1-2H3. The predicted molar refractivity (Wildman–Crippen MR) is 76.6 cm³/mol. The number of hydrogen-bond acceptors (Lipinski definition) is 4. The molecule has 1 rings (SSSR count). The maximum atomic E-state index is 5.83. The lowest BCUT2D eigenvalue weighted by Gasteiger charge is -2.13. The van der Waals surface area contributed by atoms with Crippen LogP contribution in [-0.2, 0) is 15.9 Å². The smallest absolute Gasteiger partial charge is 0.122 e. The van der Waals surface area contributed by atoms with E-state index in [1.165, 1.54) is 0 Å². The Hall–Kier alpha value is -1.10. The van der Waals surface area contributed by atoms with Crippen molar-refractivity contribution in [3.63, 3.8) is 0 Å². The summed E-state index contributed by atoms with van der Waals surface area (Å²) < 4.78 is 16.1. The van der Waals surface area contributed by atoms with Gasteiger partial charge in [0.25, 0.3) is 0 Å². The summed E-state index contributed by atoms with van der Waals surface area (Å²) in [7, 11) is 1.67. The van der Waals surface area contributed by atoms with Gasteiger partial charge in [-0.2, -0.15) is 0 Å². The van der Waals surface area contributed by atoms with Gasteiger partial charge in [0.2, 0.25) is 0 Å². The number of rotatable bonds is 10. The van der Waals surface area contributed by atoms with Crippen LogP contribution in [0.5, 0.6) is 5.75 Å². The van der Waals surface area contributed by atoms with E-state index in [2.05, 4.69) is 6.07 Å². The minimum Gasteiger partial charge on any atom is -0.493 e. The Morgan fingerprint density at radius 3 is 2.63 bits per heavy atom. The van der Waals surface area contributed by atoms with Crippen molar-refractivity contribution in [1.29, 1.82) is 0 Å². The van der Waals surface area contributed by atoms with Crippen molar-refractivity contribution in [2.75, 3.05) is 33.5 Å². The summed E-state index contributed by atoms with van der Waals surface area (Å²) in [5.74, 6) is 0.927. The van der Waals surface area contributed by atoms with Crippen molar-refractivity contribution in [3.8, 4) is 5.75 Å². The molecule has 0 aliphatic carbocycles. The Kier molecular flexibility index (Phi) is 8.21. The molecule has 0 radical (unpaired) electrons. The molecule has 1 atom stereocenters. The van der Waals surface area contributed by atoms with Gasteiger partial charge in [-0.1, -0.05) is 18.2 Å². The summed E-state index contributed by atoms with van der Waals surface area (Å²) in [4.78, 5) is 0. The summed E-state index contributed by atoms with van der Waals surface area (Å²) in [6.45, 7) is 4.62. The first-order chi connectivity index (χ1) is 9.24. The number of methoxy groups -OCH3 is 1. The van der Waals surface area contributed by atoms with Gasteiger partial charge in [-0.25, -0.2) is 0 Å². The van der Waals surface area contributed by atoms with Crippen molar-refractivity contribution in [2.45, 2.75) is 25.8 Å². The lowest BCUT2D eigenvalue weighted by molar-refractivity contribution is 0.0644. The minimum atomic E-state index is 0.141. The van der Waals surface area contributed by atoms with Gasteiger partial charge in [0.1, 0.15) is 5.75 Å². The van der Waals surface area contributed by atoms with Crippen LogP contribution in [0.1, 0.15) is 18.9 Å². The average Bonchev–Trinajstić information content (AvgIpc) is 2.39. The zero-order chi connectivity index (χ0) is 13.9. The molecule has 0 aromatic heterocycles. The van der Waals surface area contributed by atoms with Gasteiger partial charge in [-0.05, 0) is 25.0 Å². The minimum absolute atomic E-state index is 0.141. The Bertz CT molecular complexity index is 342. The fraction of sp³-hybridized carbons (Fsp3) is 0.600. The molecule has 4 nitrogen and oxygen atoms in total. The van der Waals surface area contributed by atoms with Crippen LogP contribution in [0.15, 0.2) is 24.3 Å². The molecule has 1 aromatic rings.